The number of aromatic hydroxyl groups is 1. The average molecular weight is 345 g/mol. The van der Waals surface area contributed by atoms with Gasteiger partial charge in [0.15, 0.2) is 11.6 Å². The summed E-state index contributed by atoms with van der Waals surface area (Å²) in [6, 6.07) is 6.44. The predicted octanol–water partition coefficient (Wildman–Crippen LogP) is 2.69. The molecule has 1 amide bonds. The van der Waals surface area contributed by atoms with E-state index in [1.54, 1.807) is 11.0 Å². The standard InChI is InChI=1S/C19H24FN3O2/c1-19(2,22-11-12-3-6-15(20)17(24)7-12)9-18(25)23-14-5-4-13(8-14)16(23)10-21/h3,6-7,13-14,16,22,24H,4-5,8-9,11H2,1-2H3. The highest BCUT2D eigenvalue weighted by atomic mass is 19.1. The number of hydrogen-bond donors (Lipinski definition) is 2. The van der Waals surface area contributed by atoms with Crippen molar-refractivity contribution in [2.45, 2.75) is 63.7 Å². The van der Waals surface area contributed by atoms with Gasteiger partial charge >= 0.3 is 0 Å². The highest BCUT2D eigenvalue weighted by Gasteiger charge is 2.48. The number of nitrogens with zero attached hydrogens (tertiary/aromatic N) is 2. The fourth-order valence-corrected chi connectivity index (χ4v) is 4.05. The van der Waals surface area contributed by atoms with E-state index in [4.69, 9.17) is 0 Å². The van der Waals surface area contributed by atoms with Crippen LogP contribution in [0.2, 0.25) is 0 Å². The lowest BCUT2D eigenvalue weighted by atomic mass is 9.96. The van der Waals surface area contributed by atoms with Gasteiger partial charge < -0.3 is 15.3 Å². The van der Waals surface area contributed by atoms with Crippen LogP contribution in [0.3, 0.4) is 0 Å². The third-order valence-corrected chi connectivity index (χ3v) is 5.38. The number of likely N-dealkylation sites (tertiary alicyclic amines) is 1. The maximum absolute atomic E-state index is 13.1. The molecule has 3 atom stereocenters. The van der Waals surface area contributed by atoms with Gasteiger partial charge in [-0.2, -0.15) is 5.26 Å². The van der Waals surface area contributed by atoms with Gasteiger partial charge in [-0.15, -0.1) is 0 Å². The second kappa shape index (κ2) is 6.64. The Bertz CT molecular complexity index is 713. The van der Waals surface area contributed by atoms with Crippen LogP contribution in [0.1, 0.15) is 45.1 Å². The molecule has 1 heterocycles. The van der Waals surface area contributed by atoms with Crippen molar-refractivity contribution < 1.29 is 14.3 Å². The largest absolute Gasteiger partial charge is 0.505 e. The Labute approximate surface area is 147 Å². The Morgan fingerprint density at radius 1 is 1.48 bits per heavy atom. The molecule has 3 unspecified atom stereocenters. The van der Waals surface area contributed by atoms with Gasteiger partial charge in [0.05, 0.1) is 6.07 Å². The van der Waals surface area contributed by atoms with E-state index in [1.807, 2.05) is 13.8 Å². The van der Waals surface area contributed by atoms with E-state index >= 15 is 0 Å². The second-order valence-corrected chi connectivity index (χ2v) is 7.80. The molecule has 1 aromatic carbocycles. The van der Waals surface area contributed by atoms with Crippen molar-refractivity contribution >= 4 is 5.91 Å². The molecule has 2 bridgehead atoms. The summed E-state index contributed by atoms with van der Waals surface area (Å²) in [5, 5.41) is 22.1. The monoisotopic (exact) mass is 345 g/mol. The number of piperidine rings is 1. The third-order valence-electron chi connectivity index (χ3n) is 5.38. The summed E-state index contributed by atoms with van der Waals surface area (Å²) in [6.45, 7) is 4.29. The third kappa shape index (κ3) is 3.62. The lowest BCUT2D eigenvalue weighted by molar-refractivity contribution is -0.135. The first-order valence-corrected chi connectivity index (χ1v) is 8.74. The maximum Gasteiger partial charge on any atom is 0.225 e. The molecule has 2 N–H and O–H groups in total. The Balaban J connectivity index is 1.60. The molecule has 0 aromatic heterocycles. The number of carbonyl (C=O) groups excluding carboxylic acids is 1. The van der Waals surface area contributed by atoms with Gasteiger partial charge in [-0.05, 0) is 56.7 Å². The smallest absolute Gasteiger partial charge is 0.225 e. The molecule has 1 aromatic rings. The molecule has 2 fully saturated rings. The van der Waals surface area contributed by atoms with Gasteiger partial charge in [0.1, 0.15) is 6.04 Å². The number of phenolic OH excluding ortho intramolecular Hbond substituents is 1. The summed E-state index contributed by atoms with van der Waals surface area (Å²) in [4.78, 5) is 14.6. The topological polar surface area (TPSA) is 76.4 Å². The summed E-state index contributed by atoms with van der Waals surface area (Å²) in [5.41, 5.74) is 0.276. The summed E-state index contributed by atoms with van der Waals surface area (Å²) in [6.07, 6.45) is 3.29. The van der Waals surface area contributed by atoms with Crippen LogP contribution in [0, 0.1) is 23.1 Å². The summed E-state index contributed by atoms with van der Waals surface area (Å²) < 4.78 is 13.1. The molecule has 5 nitrogen and oxygen atoms in total. The first-order chi connectivity index (χ1) is 11.8. The van der Waals surface area contributed by atoms with Crippen molar-refractivity contribution in [1.82, 2.24) is 10.2 Å². The number of carbonyl (C=O) groups is 1. The summed E-state index contributed by atoms with van der Waals surface area (Å²) in [5.74, 6) is -0.682. The molecule has 134 valence electrons. The van der Waals surface area contributed by atoms with E-state index in [-0.39, 0.29) is 23.7 Å². The van der Waals surface area contributed by atoms with Gasteiger partial charge in [-0.3, -0.25) is 4.79 Å². The molecular weight excluding hydrogens is 321 g/mol. The highest BCUT2D eigenvalue weighted by molar-refractivity contribution is 5.79. The Kier molecular flexibility index (Phi) is 4.70. The number of hydrogen-bond acceptors (Lipinski definition) is 4. The lowest BCUT2D eigenvalue weighted by Crippen LogP contribution is -2.49. The number of rotatable bonds is 5. The minimum Gasteiger partial charge on any atom is -0.505 e. The summed E-state index contributed by atoms with van der Waals surface area (Å²) in [7, 11) is 0. The molecule has 1 saturated heterocycles. The van der Waals surface area contributed by atoms with Crippen LogP contribution in [0.15, 0.2) is 18.2 Å². The Hall–Kier alpha value is -2.13. The zero-order chi connectivity index (χ0) is 18.2. The number of fused-ring (bicyclic) bond motifs is 2. The molecule has 1 aliphatic heterocycles. The molecule has 3 rings (SSSR count). The van der Waals surface area contributed by atoms with Gasteiger partial charge in [-0.1, -0.05) is 6.07 Å². The van der Waals surface area contributed by atoms with E-state index in [1.165, 1.54) is 12.1 Å². The molecule has 1 saturated carbocycles. The van der Waals surface area contributed by atoms with Crippen molar-refractivity contribution in [2.75, 3.05) is 0 Å². The maximum atomic E-state index is 13.1. The van der Waals surface area contributed by atoms with E-state index < -0.39 is 11.4 Å². The van der Waals surface area contributed by atoms with Crippen molar-refractivity contribution in [2.24, 2.45) is 5.92 Å². The fraction of sp³-hybridized carbons (Fsp3) is 0.579. The number of benzene rings is 1. The van der Waals surface area contributed by atoms with Gasteiger partial charge in [0.2, 0.25) is 5.91 Å². The highest BCUT2D eigenvalue weighted by Crippen LogP contribution is 2.42. The molecule has 6 heteroatoms. The van der Waals surface area contributed by atoms with Gasteiger partial charge in [-0.25, -0.2) is 4.39 Å². The second-order valence-electron chi connectivity index (χ2n) is 7.80. The van der Waals surface area contributed by atoms with Crippen LogP contribution in [-0.4, -0.2) is 33.5 Å². The Morgan fingerprint density at radius 3 is 2.92 bits per heavy atom. The zero-order valence-corrected chi connectivity index (χ0v) is 14.6. The fourth-order valence-electron chi connectivity index (χ4n) is 4.05. The SMILES string of the molecule is CC(C)(CC(=O)N1C2CCC(C2)C1C#N)NCc1ccc(F)c(O)c1. The number of nitriles is 1. The molecule has 25 heavy (non-hydrogen) atoms. The number of halogens is 1. The van der Waals surface area contributed by atoms with Crippen molar-refractivity contribution in [3.8, 4) is 11.8 Å². The van der Waals surface area contributed by atoms with E-state index in [9.17, 15) is 19.6 Å². The zero-order valence-electron chi connectivity index (χ0n) is 14.6. The minimum atomic E-state index is -0.648. The summed E-state index contributed by atoms with van der Waals surface area (Å²) >= 11 is 0. The molecule has 1 aliphatic carbocycles. The lowest BCUT2D eigenvalue weighted by Gasteiger charge is -2.34. The average Bonchev–Trinajstić information content (AvgIpc) is 3.16. The van der Waals surface area contributed by atoms with Crippen LogP contribution in [0.25, 0.3) is 0 Å². The molecular formula is C19H24FN3O2. The van der Waals surface area contributed by atoms with Crippen LogP contribution in [0.5, 0.6) is 5.75 Å². The van der Waals surface area contributed by atoms with Crippen molar-refractivity contribution in [3.63, 3.8) is 0 Å². The van der Waals surface area contributed by atoms with Crippen LogP contribution < -0.4 is 5.32 Å². The quantitative estimate of drug-likeness (QED) is 0.860. The van der Waals surface area contributed by atoms with E-state index in [0.29, 0.717) is 18.9 Å². The number of nitrogens with one attached hydrogen (secondary N) is 1. The normalized spacial score (nSPS) is 25.2. The van der Waals surface area contributed by atoms with Crippen molar-refractivity contribution in [1.29, 1.82) is 5.26 Å². The first kappa shape index (κ1) is 17.7. The minimum absolute atomic E-state index is 0.0122. The molecule has 2 aliphatic rings. The van der Waals surface area contributed by atoms with Crippen LogP contribution >= 0.6 is 0 Å². The predicted molar refractivity (Wildman–Crippen MR) is 91.0 cm³/mol. The number of phenols is 1. The Morgan fingerprint density at radius 2 is 2.24 bits per heavy atom. The van der Waals surface area contributed by atoms with Crippen LogP contribution in [0.4, 0.5) is 4.39 Å². The first-order valence-electron chi connectivity index (χ1n) is 8.74. The molecule has 0 radical (unpaired) electrons. The van der Waals surface area contributed by atoms with E-state index in [2.05, 4.69) is 11.4 Å². The molecule has 0 spiro atoms. The van der Waals surface area contributed by atoms with E-state index in [0.717, 1.165) is 24.8 Å². The van der Waals surface area contributed by atoms with Gasteiger partial charge in [0, 0.05) is 24.5 Å². The van der Waals surface area contributed by atoms with Crippen molar-refractivity contribution in [3.05, 3.63) is 29.6 Å². The van der Waals surface area contributed by atoms with Gasteiger partial charge in [0.25, 0.3) is 0 Å². The number of amides is 1. The van der Waals surface area contributed by atoms with Crippen LogP contribution in [-0.2, 0) is 11.3 Å².